The van der Waals surface area contributed by atoms with E-state index in [1.807, 2.05) is 11.8 Å². The third kappa shape index (κ3) is 2.64. The summed E-state index contributed by atoms with van der Waals surface area (Å²) in [5, 5.41) is 10.7. The number of hydrogen-bond acceptors (Lipinski definition) is 4. The summed E-state index contributed by atoms with van der Waals surface area (Å²) < 4.78 is 0. The lowest BCUT2D eigenvalue weighted by molar-refractivity contribution is 0.658. The quantitative estimate of drug-likeness (QED) is 0.795. The van der Waals surface area contributed by atoms with Gasteiger partial charge in [0.25, 0.3) is 0 Å². The number of fused-ring (bicyclic) bond motifs is 1. The van der Waals surface area contributed by atoms with Crippen LogP contribution in [0.3, 0.4) is 0 Å². The van der Waals surface area contributed by atoms with Gasteiger partial charge in [-0.15, -0.1) is 0 Å². The fraction of sp³-hybridized carbons (Fsp3) is 0.625. The second kappa shape index (κ2) is 5.65. The van der Waals surface area contributed by atoms with Crippen molar-refractivity contribution in [2.75, 3.05) is 18.0 Å². The number of anilines is 1. The molecule has 1 saturated heterocycles. The van der Waals surface area contributed by atoms with E-state index >= 15 is 0 Å². The summed E-state index contributed by atoms with van der Waals surface area (Å²) in [5.74, 6) is 0.923. The minimum atomic E-state index is 0.600. The van der Waals surface area contributed by atoms with Gasteiger partial charge >= 0.3 is 0 Å². The zero-order chi connectivity index (χ0) is 14.1. The minimum Gasteiger partial charge on any atom is -0.353 e. The maximum Gasteiger partial charge on any atom is 0.146 e. The van der Waals surface area contributed by atoms with Crippen LogP contribution in [0.5, 0.6) is 0 Å². The van der Waals surface area contributed by atoms with Crippen LogP contribution in [0.1, 0.15) is 43.5 Å². The van der Waals surface area contributed by atoms with Crippen LogP contribution in [0.2, 0.25) is 0 Å². The summed E-state index contributed by atoms with van der Waals surface area (Å²) in [4.78, 5) is 7.19. The molecule has 2 atom stereocenters. The molecular formula is C16H21N3S. The van der Waals surface area contributed by atoms with Crippen LogP contribution >= 0.6 is 11.8 Å². The highest BCUT2D eigenvalue weighted by Gasteiger charge is 2.26. The molecule has 4 heteroatoms. The van der Waals surface area contributed by atoms with Gasteiger partial charge in [-0.25, -0.2) is 4.98 Å². The molecule has 1 aromatic heterocycles. The smallest absolute Gasteiger partial charge is 0.146 e. The summed E-state index contributed by atoms with van der Waals surface area (Å²) in [6, 6.07) is 4.45. The van der Waals surface area contributed by atoms with Gasteiger partial charge in [0.1, 0.15) is 11.9 Å². The monoisotopic (exact) mass is 287 g/mol. The maximum absolute atomic E-state index is 9.46. The third-order valence-electron chi connectivity index (χ3n) is 4.12. The molecule has 0 aromatic carbocycles. The molecule has 1 fully saturated rings. The van der Waals surface area contributed by atoms with Gasteiger partial charge in [-0.2, -0.15) is 17.0 Å². The van der Waals surface area contributed by atoms with Crippen molar-refractivity contribution in [2.24, 2.45) is 0 Å². The highest BCUT2D eigenvalue weighted by molar-refractivity contribution is 8.00. The summed E-state index contributed by atoms with van der Waals surface area (Å²) in [6.07, 6.45) is 4.61. The fourth-order valence-corrected chi connectivity index (χ4v) is 4.62. The zero-order valence-corrected chi connectivity index (χ0v) is 13.0. The molecule has 0 radical (unpaired) electrons. The van der Waals surface area contributed by atoms with Crippen LogP contribution in [0, 0.1) is 11.3 Å². The number of aromatic nitrogens is 1. The average molecular weight is 287 g/mol. The standard InChI is InChI=1S/C16H21N3S/c1-11-9-19(10-12(2)20-11)16-14(8-17)7-13-5-3-4-6-15(13)18-16/h7,11-12H,3-6,9-10H2,1-2H3. The van der Waals surface area contributed by atoms with Crippen molar-refractivity contribution in [3.05, 3.63) is 22.9 Å². The van der Waals surface area contributed by atoms with Crippen LogP contribution in [0.25, 0.3) is 0 Å². The van der Waals surface area contributed by atoms with E-state index in [1.165, 1.54) is 24.1 Å². The molecule has 0 saturated carbocycles. The van der Waals surface area contributed by atoms with E-state index in [1.54, 1.807) is 0 Å². The average Bonchev–Trinajstić information content (AvgIpc) is 2.44. The van der Waals surface area contributed by atoms with Crippen molar-refractivity contribution in [3.8, 4) is 6.07 Å². The molecule has 1 aliphatic carbocycles. The molecule has 0 bridgehead atoms. The Bertz CT molecular complexity index is 539. The Balaban J connectivity index is 1.97. The Morgan fingerprint density at radius 1 is 1.25 bits per heavy atom. The fourth-order valence-electron chi connectivity index (χ4n) is 3.30. The van der Waals surface area contributed by atoms with Gasteiger partial charge in [0.15, 0.2) is 0 Å². The van der Waals surface area contributed by atoms with Crippen LogP contribution in [-0.2, 0) is 12.8 Å². The predicted octanol–water partition coefficient (Wildman–Crippen LogP) is 3.16. The minimum absolute atomic E-state index is 0.600. The number of rotatable bonds is 1. The van der Waals surface area contributed by atoms with Gasteiger partial charge in [-0.05, 0) is 37.3 Å². The van der Waals surface area contributed by atoms with Crippen molar-refractivity contribution in [1.82, 2.24) is 4.98 Å². The van der Waals surface area contributed by atoms with E-state index in [9.17, 15) is 5.26 Å². The molecule has 106 valence electrons. The molecule has 0 amide bonds. The van der Waals surface area contributed by atoms with Crippen molar-refractivity contribution in [3.63, 3.8) is 0 Å². The molecule has 20 heavy (non-hydrogen) atoms. The van der Waals surface area contributed by atoms with E-state index in [0.29, 0.717) is 10.5 Å². The van der Waals surface area contributed by atoms with E-state index < -0.39 is 0 Å². The van der Waals surface area contributed by atoms with Crippen LogP contribution < -0.4 is 4.90 Å². The summed E-state index contributed by atoms with van der Waals surface area (Å²) in [7, 11) is 0. The Labute approximate surface area is 125 Å². The predicted molar refractivity (Wildman–Crippen MR) is 84.3 cm³/mol. The Morgan fingerprint density at radius 2 is 1.95 bits per heavy atom. The van der Waals surface area contributed by atoms with E-state index in [0.717, 1.165) is 37.3 Å². The van der Waals surface area contributed by atoms with Crippen molar-refractivity contribution in [2.45, 2.75) is 50.0 Å². The van der Waals surface area contributed by atoms with Gasteiger partial charge < -0.3 is 4.90 Å². The lowest BCUT2D eigenvalue weighted by Gasteiger charge is -2.36. The number of aryl methyl sites for hydroxylation is 2. The Morgan fingerprint density at radius 3 is 2.65 bits per heavy atom. The first-order valence-corrected chi connectivity index (χ1v) is 8.45. The summed E-state index contributed by atoms with van der Waals surface area (Å²) >= 11 is 2.03. The maximum atomic E-state index is 9.46. The number of hydrogen-bond donors (Lipinski definition) is 0. The first-order valence-electron chi connectivity index (χ1n) is 7.50. The van der Waals surface area contributed by atoms with E-state index in [-0.39, 0.29) is 0 Å². The second-order valence-electron chi connectivity index (χ2n) is 5.95. The molecule has 2 aliphatic rings. The third-order valence-corrected chi connectivity index (χ3v) is 5.35. The van der Waals surface area contributed by atoms with Crippen molar-refractivity contribution >= 4 is 17.6 Å². The Hall–Kier alpha value is -1.21. The topological polar surface area (TPSA) is 39.9 Å². The second-order valence-corrected chi connectivity index (χ2v) is 7.83. The zero-order valence-electron chi connectivity index (χ0n) is 12.2. The van der Waals surface area contributed by atoms with Crippen LogP contribution in [0.15, 0.2) is 6.07 Å². The normalized spacial score (nSPS) is 25.9. The number of pyridine rings is 1. The molecule has 1 aliphatic heterocycles. The highest BCUT2D eigenvalue weighted by Crippen LogP contribution is 2.31. The molecular weight excluding hydrogens is 266 g/mol. The molecule has 0 spiro atoms. The van der Waals surface area contributed by atoms with Gasteiger partial charge in [-0.3, -0.25) is 0 Å². The largest absolute Gasteiger partial charge is 0.353 e. The van der Waals surface area contributed by atoms with Crippen LogP contribution in [-0.4, -0.2) is 28.6 Å². The van der Waals surface area contributed by atoms with Gasteiger partial charge in [0.2, 0.25) is 0 Å². The molecule has 0 N–H and O–H groups in total. The first kappa shape index (κ1) is 13.8. The number of nitrogens with zero attached hydrogens (tertiary/aromatic N) is 3. The molecule has 2 unspecified atom stereocenters. The van der Waals surface area contributed by atoms with Crippen molar-refractivity contribution in [1.29, 1.82) is 5.26 Å². The van der Waals surface area contributed by atoms with Gasteiger partial charge in [0.05, 0.1) is 5.56 Å². The van der Waals surface area contributed by atoms with Crippen molar-refractivity contribution < 1.29 is 0 Å². The lowest BCUT2D eigenvalue weighted by atomic mass is 9.95. The van der Waals surface area contributed by atoms with Gasteiger partial charge in [-0.1, -0.05) is 13.8 Å². The van der Waals surface area contributed by atoms with Crippen LogP contribution in [0.4, 0.5) is 5.82 Å². The summed E-state index contributed by atoms with van der Waals surface area (Å²) in [6.45, 7) is 6.51. The molecule has 3 nitrogen and oxygen atoms in total. The summed E-state index contributed by atoms with van der Waals surface area (Å²) in [5.41, 5.74) is 3.28. The van der Waals surface area contributed by atoms with E-state index in [4.69, 9.17) is 4.98 Å². The lowest BCUT2D eigenvalue weighted by Crippen LogP contribution is -2.41. The number of thioether (sulfide) groups is 1. The molecule has 3 rings (SSSR count). The molecule has 2 heterocycles. The number of nitriles is 1. The Kier molecular flexibility index (Phi) is 3.89. The van der Waals surface area contributed by atoms with Gasteiger partial charge in [0, 0.05) is 29.3 Å². The SMILES string of the molecule is CC1CN(c2nc3c(cc2C#N)CCCC3)CC(C)S1. The molecule has 1 aromatic rings. The van der Waals surface area contributed by atoms with E-state index in [2.05, 4.69) is 30.9 Å². The highest BCUT2D eigenvalue weighted by atomic mass is 32.2. The first-order chi connectivity index (χ1) is 9.67.